The average Bonchev–Trinajstić information content (AvgIpc) is 2.98. The molecule has 18 heavy (non-hydrogen) atoms. The van der Waals surface area contributed by atoms with Crippen molar-refractivity contribution in [1.82, 2.24) is 5.32 Å². The summed E-state index contributed by atoms with van der Waals surface area (Å²) < 4.78 is 0. The summed E-state index contributed by atoms with van der Waals surface area (Å²) in [6, 6.07) is 0.741. The Bertz CT molecular complexity index is 226. The number of unbranched alkanes of at least 4 members (excludes halogenated alkanes) is 4. The van der Waals surface area contributed by atoms with Gasteiger partial charge in [-0.25, -0.2) is 0 Å². The van der Waals surface area contributed by atoms with Crippen LogP contribution >= 0.6 is 0 Å². The van der Waals surface area contributed by atoms with Crippen molar-refractivity contribution in [2.24, 2.45) is 17.8 Å². The van der Waals surface area contributed by atoms with Crippen LogP contribution in [0.3, 0.4) is 0 Å². The summed E-state index contributed by atoms with van der Waals surface area (Å²) in [7, 11) is 0. The van der Waals surface area contributed by atoms with E-state index >= 15 is 0 Å². The molecule has 0 saturated heterocycles. The van der Waals surface area contributed by atoms with Crippen molar-refractivity contribution in [2.45, 2.75) is 84.1 Å². The van der Waals surface area contributed by atoms with E-state index in [1.807, 2.05) is 0 Å². The van der Waals surface area contributed by atoms with Crippen LogP contribution in [0.1, 0.15) is 78.1 Å². The highest BCUT2D eigenvalue weighted by Gasteiger charge is 2.38. The van der Waals surface area contributed by atoms with Crippen LogP contribution in [-0.2, 0) is 0 Å². The molecule has 0 heterocycles. The Morgan fingerprint density at radius 2 is 1.89 bits per heavy atom. The molecule has 2 bridgehead atoms. The van der Waals surface area contributed by atoms with E-state index in [0.717, 1.165) is 23.8 Å². The molecule has 4 atom stereocenters. The molecule has 4 unspecified atom stereocenters. The maximum Gasteiger partial charge on any atom is 0.00388 e. The van der Waals surface area contributed by atoms with Gasteiger partial charge in [0.05, 0.1) is 0 Å². The van der Waals surface area contributed by atoms with E-state index < -0.39 is 0 Å². The van der Waals surface area contributed by atoms with Gasteiger partial charge in [-0.15, -0.1) is 0 Å². The van der Waals surface area contributed by atoms with Crippen LogP contribution in [0, 0.1) is 17.8 Å². The highest BCUT2D eigenvalue weighted by molar-refractivity contribution is 4.91. The Kier molecular flexibility index (Phi) is 6.01. The fourth-order valence-electron chi connectivity index (χ4n) is 4.14. The van der Waals surface area contributed by atoms with Crippen molar-refractivity contribution < 1.29 is 0 Å². The van der Waals surface area contributed by atoms with Crippen molar-refractivity contribution in [1.29, 1.82) is 0 Å². The molecule has 0 aromatic heterocycles. The molecule has 0 aromatic rings. The van der Waals surface area contributed by atoms with Gasteiger partial charge in [0.2, 0.25) is 0 Å². The molecule has 1 N–H and O–H groups in total. The molecule has 1 nitrogen and oxygen atoms in total. The van der Waals surface area contributed by atoms with Crippen LogP contribution in [0.15, 0.2) is 0 Å². The Balaban J connectivity index is 1.48. The maximum atomic E-state index is 3.80. The van der Waals surface area contributed by atoms with Crippen molar-refractivity contribution in [3.63, 3.8) is 0 Å². The summed E-state index contributed by atoms with van der Waals surface area (Å²) in [6.07, 6.45) is 14.6. The third-order valence-corrected chi connectivity index (χ3v) is 5.35. The van der Waals surface area contributed by atoms with Crippen LogP contribution in [0.2, 0.25) is 0 Å². The second-order valence-corrected chi connectivity index (χ2v) is 6.95. The van der Waals surface area contributed by atoms with Crippen molar-refractivity contribution >= 4 is 0 Å². The SMILES string of the molecule is CCCCCCCC(C)NCC1CC2CCC1C2. The lowest BCUT2D eigenvalue weighted by atomic mass is 9.88. The van der Waals surface area contributed by atoms with Gasteiger partial charge in [-0.2, -0.15) is 0 Å². The van der Waals surface area contributed by atoms with E-state index in [0.29, 0.717) is 0 Å². The Morgan fingerprint density at radius 1 is 1.06 bits per heavy atom. The van der Waals surface area contributed by atoms with E-state index in [1.165, 1.54) is 64.3 Å². The van der Waals surface area contributed by atoms with E-state index in [9.17, 15) is 0 Å². The normalized spacial score (nSPS) is 32.0. The fraction of sp³-hybridized carbons (Fsp3) is 1.00. The molecule has 0 aromatic carbocycles. The molecule has 0 radical (unpaired) electrons. The summed E-state index contributed by atoms with van der Waals surface area (Å²) in [5.41, 5.74) is 0. The molecule has 0 aliphatic heterocycles. The van der Waals surface area contributed by atoms with Crippen LogP contribution in [0.4, 0.5) is 0 Å². The molecule has 1 heteroatoms. The second kappa shape index (κ2) is 7.53. The maximum absolute atomic E-state index is 3.80. The summed E-state index contributed by atoms with van der Waals surface area (Å²) in [4.78, 5) is 0. The minimum Gasteiger partial charge on any atom is -0.314 e. The third-order valence-electron chi connectivity index (χ3n) is 5.35. The Hall–Kier alpha value is -0.0400. The first-order chi connectivity index (χ1) is 8.79. The lowest BCUT2D eigenvalue weighted by Crippen LogP contribution is -2.33. The molecule has 2 fully saturated rings. The molecule has 0 amide bonds. The Morgan fingerprint density at radius 3 is 2.56 bits per heavy atom. The summed E-state index contributed by atoms with van der Waals surface area (Å²) in [5.74, 6) is 3.21. The molecule has 106 valence electrons. The van der Waals surface area contributed by atoms with Gasteiger partial charge in [0.15, 0.2) is 0 Å². The van der Waals surface area contributed by atoms with E-state index in [4.69, 9.17) is 0 Å². The third kappa shape index (κ3) is 4.26. The Labute approximate surface area is 114 Å². The molecule has 2 aliphatic carbocycles. The number of nitrogens with one attached hydrogen (secondary N) is 1. The fourth-order valence-corrected chi connectivity index (χ4v) is 4.14. The summed E-state index contributed by atoms with van der Waals surface area (Å²) in [5, 5.41) is 3.80. The first-order valence-corrected chi connectivity index (χ1v) is 8.53. The standard InChI is InChI=1S/C17H33N/c1-3-4-5-6-7-8-14(2)18-13-17-12-15-9-10-16(17)11-15/h14-18H,3-13H2,1-2H3. The average molecular weight is 251 g/mol. The number of fused-ring (bicyclic) bond motifs is 2. The molecule has 2 saturated carbocycles. The van der Waals surface area contributed by atoms with Gasteiger partial charge in [-0.1, -0.05) is 45.4 Å². The molecule has 0 spiro atoms. The highest BCUT2D eigenvalue weighted by atomic mass is 14.9. The van der Waals surface area contributed by atoms with Crippen molar-refractivity contribution in [3.05, 3.63) is 0 Å². The minimum absolute atomic E-state index is 0.741. The van der Waals surface area contributed by atoms with Crippen molar-refractivity contribution in [3.8, 4) is 0 Å². The predicted octanol–water partition coefficient (Wildman–Crippen LogP) is 4.76. The minimum atomic E-state index is 0.741. The van der Waals surface area contributed by atoms with Gasteiger partial charge in [0, 0.05) is 6.04 Å². The highest BCUT2D eigenvalue weighted by Crippen LogP contribution is 2.47. The van der Waals surface area contributed by atoms with Crippen LogP contribution in [0.25, 0.3) is 0 Å². The van der Waals surface area contributed by atoms with Gasteiger partial charge in [0.25, 0.3) is 0 Å². The van der Waals surface area contributed by atoms with Crippen molar-refractivity contribution in [2.75, 3.05) is 6.54 Å². The number of hydrogen-bond donors (Lipinski definition) is 1. The first-order valence-electron chi connectivity index (χ1n) is 8.53. The molecule has 2 rings (SSSR count). The van der Waals surface area contributed by atoms with Crippen LogP contribution < -0.4 is 5.32 Å². The predicted molar refractivity (Wildman–Crippen MR) is 79.8 cm³/mol. The topological polar surface area (TPSA) is 12.0 Å². The van der Waals surface area contributed by atoms with E-state index in [1.54, 1.807) is 6.42 Å². The van der Waals surface area contributed by atoms with Gasteiger partial charge < -0.3 is 5.32 Å². The number of rotatable bonds is 9. The second-order valence-electron chi connectivity index (χ2n) is 6.95. The van der Waals surface area contributed by atoms with Gasteiger partial charge in [0.1, 0.15) is 0 Å². The largest absolute Gasteiger partial charge is 0.314 e. The lowest BCUT2D eigenvalue weighted by Gasteiger charge is -2.24. The van der Waals surface area contributed by atoms with Crippen LogP contribution in [-0.4, -0.2) is 12.6 Å². The van der Waals surface area contributed by atoms with E-state index in [-0.39, 0.29) is 0 Å². The van der Waals surface area contributed by atoms with Gasteiger partial charge >= 0.3 is 0 Å². The number of hydrogen-bond acceptors (Lipinski definition) is 1. The summed E-state index contributed by atoms with van der Waals surface area (Å²) in [6.45, 7) is 5.98. The molecule has 2 aliphatic rings. The summed E-state index contributed by atoms with van der Waals surface area (Å²) >= 11 is 0. The lowest BCUT2D eigenvalue weighted by molar-refractivity contribution is 0.304. The zero-order chi connectivity index (χ0) is 12.8. The van der Waals surface area contributed by atoms with Gasteiger partial charge in [-0.3, -0.25) is 0 Å². The van der Waals surface area contributed by atoms with Crippen LogP contribution in [0.5, 0.6) is 0 Å². The monoisotopic (exact) mass is 251 g/mol. The molecular formula is C17H33N. The quantitative estimate of drug-likeness (QED) is 0.583. The zero-order valence-corrected chi connectivity index (χ0v) is 12.6. The molecular weight excluding hydrogens is 218 g/mol. The van der Waals surface area contributed by atoms with E-state index in [2.05, 4.69) is 19.2 Å². The zero-order valence-electron chi connectivity index (χ0n) is 12.6. The first kappa shape index (κ1) is 14.4. The smallest absolute Gasteiger partial charge is 0.00388 e. The van der Waals surface area contributed by atoms with Gasteiger partial charge in [-0.05, 0) is 56.9 Å².